The van der Waals surface area contributed by atoms with E-state index in [-0.39, 0.29) is 43.4 Å². The maximum atomic E-state index is 13.9. The molecule has 1 heterocycles. The number of hydrogen-bond donors (Lipinski definition) is 1. The highest BCUT2D eigenvalue weighted by Gasteiger charge is 2.23. The Morgan fingerprint density at radius 2 is 1.68 bits per heavy atom. The third-order valence-electron chi connectivity index (χ3n) is 5.06. The highest BCUT2D eigenvalue weighted by Crippen LogP contribution is 2.12. The first kappa shape index (κ1) is 22.2. The summed E-state index contributed by atoms with van der Waals surface area (Å²) in [7, 11) is 1.65. The summed E-state index contributed by atoms with van der Waals surface area (Å²) in [6, 6.07) is 15.5. The van der Waals surface area contributed by atoms with Gasteiger partial charge in [-0.3, -0.25) is 23.6 Å². The number of ketones is 1. The first-order valence-electron chi connectivity index (χ1n) is 9.95. The molecule has 0 saturated heterocycles. The van der Waals surface area contributed by atoms with Crippen LogP contribution < -0.4 is 17.0 Å². The third kappa shape index (κ3) is 4.80. The molecular formula is C23H25FN4O3. The van der Waals surface area contributed by atoms with Crippen molar-refractivity contribution in [1.29, 1.82) is 0 Å². The van der Waals surface area contributed by atoms with Crippen molar-refractivity contribution in [2.45, 2.75) is 26.6 Å². The van der Waals surface area contributed by atoms with Gasteiger partial charge in [0, 0.05) is 18.7 Å². The number of nitrogens with zero attached hydrogens (tertiary/aromatic N) is 3. The molecule has 0 aliphatic carbocycles. The monoisotopic (exact) mass is 424 g/mol. The molecule has 0 spiro atoms. The number of nitrogens with two attached hydrogens (primary N) is 1. The number of likely N-dealkylation sites (N-methyl/N-ethyl adjacent to an activating group) is 1. The van der Waals surface area contributed by atoms with Gasteiger partial charge >= 0.3 is 5.69 Å². The van der Waals surface area contributed by atoms with Gasteiger partial charge in [0.2, 0.25) is 0 Å². The summed E-state index contributed by atoms with van der Waals surface area (Å²) >= 11 is 0. The Morgan fingerprint density at radius 3 is 2.32 bits per heavy atom. The number of halogens is 1. The van der Waals surface area contributed by atoms with Crippen LogP contribution in [-0.2, 0) is 19.6 Å². The van der Waals surface area contributed by atoms with Crippen LogP contribution in [0.4, 0.5) is 10.2 Å². The number of aromatic nitrogens is 2. The molecule has 31 heavy (non-hydrogen) atoms. The van der Waals surface area contributed by atoms with E-state index in [2.05, 4.69) is 0 Å². The van der Waals surface area contributed by atoms with Gasteiger partial charge in [-0.15, -0.1) is 0 Å². The lowest BCUT2D eigenvalue weighted by Crippen LogP contribution is -2.45. The van der Waals surface area contributed by atoms with E-state index < -0.39 is 17.0 Å². The van der Waals surface area contributed by atoms with Crippen LogP contribution in [0.2, 0.25) is 0 Å². The molecule has 0 atom stereocenters. The highest BCUT2D eigenvalue weighted by atomic mass is 19.1. The number of hydrogen-bond acceptors (Lipinski definition) is 5. The molecule has 2 aromatic carbocycles. The first-order valence-corrected chi connectivity index (χ1v) is 9.95. The second-order valence-electron chi connectivity index (χ2n) is 7.35. The van der Waals surface area contributed by atoms with E-state index >= 15 is 0 Å². The predicted molar refractivity (Wildman–Crippen MR) is 118 cm³/mol. The topological polar surface area (TPSA) is 90.3 Å². The molecular weight excluding hydrogens is 399 g/mol. The van der Waals surface area contributed by atoms with E-state index in [0.717, 1.165) is 10.1 Å². The predicted octanol–water partition coefficient (Wildman–Crippen LogP) is 2.11. The number of carbonyl (C=O) groups is 1. The maximum absolute atomic E-state index is 13.9. The van der Waals surface area contributed by atoms with E-state index in [1.54, 1.807) is 37.1 Å². The summed E-state index contributed by atoms with van der Waals surface area (Å²) < 4.78 is 16.2. The van der Waals surface area contributed by atoms with Gasteiger partial charge < -0.3 is 5.73 Å². The molecule has 0 aliphatic rings. The SMILES string of the molecule is CCn1c(=O)c(C(=O)CN(C)Cc2ccccc2F)c(N)n(Cc2ccccc2)c1=O. The minimum Gasteiger partial charge on any atom is -0.384 e. The van der Waals surface area contributed by atoms with Crippen LogP contribution in [0.25, 0.3) is 0 Å². The molecule has 162 valence electrons. The van der Waals surface area contributed by atoms with Crippen LogP contribution in [0.3, 0.4) is 0 Å². The van der Waals surface area contributed by atoms with Crippen LogP contribution >= 0.6 is 0 Å². The van der Waals surface area contributed by atoms with Crippen molar-refractivity contribution in [3.8, 4) is 0 Å². The largest absolute Gasteiger partial charge is 0.384 e. The van der Waals surface area contributed by atoms with Crippen LogP contribution in [0, 0.1) is 5.82 Å². The molecule has 3 aromatic rings. The molecule has 0 fully saturated rings. The maximum Gasteiger partial charge on any atom is 0.332 e. The molecule has 0 amide bonds. The number of Topliss-reactive ketones (excluding diaryl/α,β-unsaturated/α-hetero) is 1. The summed E-state index contributed by atoms with van der Waals surface area (Å²) in [6.07, 6.45) is 0. The van der Waals surface area contributed by atoms with Gasteiger partial charge in [-0.25, -0.2) is 9.18 Å². The molecule has 7 nitrogen and oxygen atoms in total. The summed E-state index contributed by atoms with van der Waals surface area (Å²) in [5, 5.41) is 0. The molecule has 0 bridgehead atoms. The normalized spacial score (nSPS) is 11.1. The van der Waals surface area contributed by atoms with Crippen molar-refractivity contribution in [2.24, 2.45) is 0 Å². The zero-order chi connectivity index (χ0) is 22.5. The number of rotatable bonds is 8. The van der Waals surface area contributed by atoms with Crippen LogP contribution in [0.15, 0.2) is 64.2 Å². The molecule has 0 unspecified atom stereocenters. The molecule has 3 rings (SSSR count). The smallest absolute Gasteiger partial charge is 0.332 e. The Hall–Kier alpha value is -3.52. The standard InChI is InChI=1S/C23H25FN4O3/c1-3-27-22(30)20(19(29)15-26(2)14-17-11-7-8-12-18(17)24)21(25)28(23(27)31)13-16-9-5-4-6-10-16/h4-12H,3,13-15,25H2,1-2H3. The Bertz CT molecular complexity index is 1200. The number of carbonyl (C=O) groups excluding carboxylic acids is 1. The fourth-order valence-electron chi connectivity index (χ4n) is 3.47. The second kappa shape index (κ2) is 9.53. The number of benzene rings is 2. The average Bonchev–Trinajstić information content (AvgIpc) is 2.74. The van der Waals surface area contributed by atoms with E-state index in [0.29, 0.717) is 5.56 Å². The minimum absolute atomic E-state index is 0.109. The molecule has 0 saturated carbocycles. The zero-order valence-corrected chi connectivity index (χ0v) is 17.5. The lowest BCUT2D eigenvalue weighted by Gasteiger charge is -2.19. The van der Waals surface area contributed by atoms with Gasteiger partial charge in [0.15, 0.2) is 5.78 Å². The summed E-state index contributed by atoms with van der Waals surface area (Å²) in [4.78, 5) is 40.3. The van der Waals surface area contributed by atoms with Gasteiger partial charge in [-0.2, -0.15) is 0 Å². The quantitative estimate of drug-likeness (QED) is 0.560. The van der Waals surface area contributed by atoms with E-state index in [9.17, 15) is 18.8 Å². The van der Waals surface area contributed by atoms with Crippen molar-refractivity contribution < 1.29 is 9.18 Å². The summed E-state index contributed by atoms with van der Waals surface area (Å²) in [5.74, 6) is -1.05. The Labute approximate surface area is 179 Å². The van der Waals surface area contributed by atoms with E-state index in [4.69, 9.17) is 5.73 Å². The van der Waals surface area contributed by atoms with Gasteiger partial charge in [-0.1, -0.05) is 48.5 Å². The fraction of sp³-hybridized carbons (Fsp3) is 0.261. The lowest BCUT2D eigenvalue weighted by atomic mass is 10.1. The van der Waals surface area contributed by atoms with Gasteiger partial charge in [-0.05, 0) is 25.6 Å². The molecule has 2 N–H and O–H groups in total. The molecule has 1 aromatic heterocycles. The molecule has 0 aliphatic heterocycles. The Balaban J connectivity index is 1.95. The second-order valence-corrected chi connectivity index (χ2v) is 7.35. The Kier molecular flexibility index (Phi) is 6.81. The van der Waals surface area contributed by atoms with Gasteiger partial charge in [0.1, 0.15) is 17.2 Å². The van der Waals surface area contributed by atoms with Gasteiger partial charge in [0.25, 0.3) is 5.56 Å². The third-order valence-corrected chi connectivity index (χ3v) is 5.06. The lowest BCUT2D eigenvalue weighted by molar-refractivity contribution is 0.0940. The fourth-order valence-corrected chi connectivity index (χ4v) is 3.47. The summed E-state index contributed by atoms with van der Waals surface area (Å²) in [6.45, 7) is 1.94. The zero-order valence-electron chi connectivity index (χ0n) is 17.5. The van der Waals surface area contributed by atoms with Crippen molar-refractivity contribution in [3.05, 3.63) is 97.9 Å². The van der Waals surface area contributed by atoms with Crippen molar-refractivity contribution in [1.82, 2.24) is 14.0 Å². The first-order chi connectivity index (χ1) is 14.8. The van der Waals surface area contributed by atoms with Crippen LogP contribution in [-0.4, -0.2) is 33.4 Å². The minimum atomic E-state index is -0.710. The van der Waals surface area contributed by atoms with Crippen molar-refractivity contribution in [2.75, 3.05) is 19.3 Å². The molecule has 8 heteroatoms. The van der Waals surface area contributed by atoms with Crippen LogP contribution in [0.1, 0.15) is 28.4 Å². The van der Waals surface area contributed by atoms with Crippen molar-refractivity contribution in [3.63, 3.8) is 0 Å². The highest BCUT2D eigenvalue weighted by molar-refractivity contribution is 6.01. The number of anilines is 1. The summed E-state index contributed by atoms with van der Waals surface area (Å²) in [5.41, 5.74) is 5.91. The molecule has 0 radical (unpaired) electrons. The number of nitrogen functional groups attached to an aromatic ring is 1. The van der Waals surface area contributed by atoms with Crippen molar-refractivity contribution >= 4 is 11.6 Å². The van der Waals surface area contributed by atoms with Gasteiger partial charge in [0.05, 0.1) is 13.1 Å². The average molecular weight is 424 g/mol. The Morgan fingerprint density at radius 1 is 1.03 bits per heavy atom. The van der Waals surface area contributed by atoms with Crippen LogP contribution in [0.5, 0.6) is 0 Å². The van der Waals surface area contributed by atoms with E-state index in [1.807, 2.05) is 30.3 Å². The van der Waals surface area contributed by atoms with E-state index in [1.165, 1.54) is 10.6 Å².